The molecule has 0 heterocycles. The van der Waals surface area contributed by atoms with Crippen molar-refractivity contribution in [2.24, 2.45) is 0 Å². The predicted molar refractivity (Wildman–Crippen MR) is 87.0 cm³/mol. The van der Waals surface area contributed by atoms with Gasteiger partial charge < -0.3 is 15.4 Å². The number of nitrogens with zero attached hydrogens (tertiary/aromatic N) is 1. The molecular weight excluding hydrogens is 332 g/mol. The fourth-order valence-corrected chi connectivity index (χ4v) is 2.04. The maximum atomic E-state index is 12.0. The van der Waals surface area contributed by atoms with Crippen molar-refractivity contribution in [2.75, 3.05) is 19.4 Å². The molecule has 2 rings (SSSR count). The quantitative estimate of drug-likeness (QED) is 0.844. The minimum Gasteiger partial charge on any atom is -0.484 e. The Bertz CT molecular complexity index is 597. The highest BCUT2D eigenvalue weighted by atomic mass is 79.9. The number of halogens is 1. The molecule has 5 heteroatoms. The van der Waals surface area contributed by atoms with Crippen LogP contribution in [0.5, 0.6) is 5.75 Å². The summed E-state index contributed by atoms with van der Waals surface area (Å²) >= 11 is 3.39. The molecule has 0 bridgehead atoms. The van der Waals surface area contributed by atoms with Crippen LogP contribution in [0.1, 0.15) is 5.56 Å². The lowest BCUT2D eigenvalue weighted by Crippen LogP contribution is -2.30. The monoisotopic (exact) mass is 348 g/mol. The van der Waals surface area contributed by atoms with Crippen LogP contribution >= 0.6 is 15.9 Å². The van der Waals surface area contributed by atoms with Gasteiger partial charge >= 0.3 is 0 Å². The maximum absolute atomic E-state index is 12.0. The molecule has 110 valence electrons. The first-order valence-electron chi connectivity index (χ1n) is 6.51. The second-order valence-corrected chi connectivity index (χ2v) is 5.65. The number of anilines is 1. The first-order valence-corrected chi connectivity index (χ1v) is 7.30. The van der Waals surface area contributed by atoms with Gasteiger partial charge in [0.25, 0.3) is 5.91 Å². The summed E-state index contributed by atoms with van der Waals surface area (Å²) in [5, 5.41) is 0. The molecule has 0 unspecified atom stereocenters. The lowest BCUT2D eigenvalue weighted by Gasteiger charge is -2.17. The SMILES string of the molecule is CN(Cc1ccc(Br)cc1)C(=O)COc1ccc(N)cc1. The van der Waals surface area contributed by atoms with E-state index in [1.165, 1.54) is 0 Å². The van der Waals surface area contributed by atoms with E-state index < -0.39 is 0 Å². The number of benzene rings is 2. The Morgan fingerprint density at radius 2 is 1.76 bits per heavy atom. The molecular formula is C16H17BrN2O2. The van der Waals surface area contributed by atoms with E-state index in [1.807, 2.05) is 24.3 Å². The smallest absolute Gasteiger partial charge is 0.260 e. The van der Waals surface area contributed by atoms with Crippen LogP contribution in [0.2, 0.25) is 0 Å². The normalized spacial score (nSPS) is 10.2. The third-order valence-corrected chi connectivity index (χ3v) is 3.53. The number of hydrogen-bond acceptors (Lipinski definition) is 3. The molecule has 0 saturated heterocycles. The largest absolute Gasteiger partial charge is 0.484 e. The molecule has 0 saturated carbocycles. The summed E-state index contributed by atoms with van der Waals surface area (Å²) < 4.78 is 6.47. The van der Waals surface area contributed by atoms with Crippen LogP contribution in [0, 0.1) is 0 Å². The third kappa shape index (κ3) is 4.79. The van der Waals surface area contributed by atoms with E-state index in [1.54, 1.807) is 36.2 Å². The topological polar surface area (TPSA) is 55.6 Å². The molecule has 0 atom stereocenters. The number of amides is 1. The summed E-state index contributed by atoms with van der Waals surface area (Å²) in [6.45, 7) is 0.564. The molecule has 0 aliphatic rings. The average Bonchev–Trinajstić information content (AvgIpc) is 2.48. The van der Waals surface area contributed by atoms with Crippen LogP contribution in [-0.4, -0.2) is 24.5 Å². The van der Waals surface area contributed by atoms with Crippen molar-refractivity contribution in [1.82, 2.24) is 4.90 Å². The summed E-state index contributed by atoms with van der Waals surface area (Å²) in [6, 6.07) is 14.9. The molecule has 0 aromatic heterocycles. The van der Waals surface area contributed by atoms with Crippen LogP contribution in [0.3, 0.4) is 0 Å². The van der Waals surface area contributed by atoms with Gasteiger partial charge in [-0.25, -0.2) is 0 Å². The van der Waals surface area contributed by atoms with Gasteiger partial charge in [0.15, 0.2) is 6.61 Å². The number of carbonyl (C=O) groups is 1. The molecule has 4 nitrogen and oxygen atoms in total. The van der Waals surface area contributed by atoms with Gasteiger partial charge in [0.1, 0.15) is 5.75 Å². The fourth-order valence-electron chi connectivity index (χ4n) is 1.77. The minimum absolute atomic E-state index is 0.0109. The van der Waals surface area contributed by atoms with E-state index in [4.69, 9.17) is 10.5 Å². The van der Waals surface area contributed by atoms with Crippen molar-refractivity contribution >= 4 is 27.5 Å². The molecule has 2 aromatic carbocycles. The zero-order valence-corrected chi connectivity index (χ0v) is 13.3. The van der Waals surface area contributed by atoms with Gasteiger partial charge in [0.2, 0.25) is 0 Å². The van der Waals surface area contributed by atoms with Gasteiger partial charge in [-0.05, 0) is 42.0 Å². The average molecular weight is 349 g/mol. The van der Waals surface area contributed by atoms with Crippen molar-refractivity contribution in [3.05, 3.63) is 58.6 Å². The number of ether oxygens (including phenoxy) is 1. The fraction of sp³-hybridized carbons (Fsp3) is 0.188. The molecule has 21 heavy (non-hydrogen) atoms. The van der Waals surface area contributed by atoms with Gasteiger partial charge in [-0.15, -0.1) is 0 Å². The van der Waals surface area contributed by atoms with E-state index >= 15 is 0 Å². The molecule has 0 aliphatic carbocycles. The van der Waals surface area contributed by atoms with Crippen LogP contribution in [0.4, 0.5) is 5.69 Å². The standard InChI is InChI=1S/C16H17BrN2O2/c1-19(10-12-2-4-13(17)5-3-12)16(20)11-21-15-8-6-14(18)7-9-15/h2-9H,10-11,18H2,1H3. The molecule has 2 N–H and O–H groups in total. The predicted octanol–water partition coefficient (Wildman–Crippen LogP) is 3.07. The highest BCUT2D eigenvalue weighted by Crippen LogP contribution is 2.14. The second-order valence-electron chi connectivity index (χ2n) is 4.73. The van der Waals surface area contributed by atoms with E-state index in [0.29, 0.717) is 18.0 Å². The van der Waals surface area contributed by atoms with Crippen LogP contribution in [0.25, 0.3) is 0 Å². The van der Waals surface area contributed by atoms with E-state index in [0.717, 1.165) is 10.0 Å². The van der Waals surface area contributed by atoms with Crippen molar-refractivity contribution in [1.29, 1.82) is 0 Å². The number of nitrogen functional groups attached to an aromatic ring is 1. The number of carbonyl (C=O) groups excluding carboxylic acids is 1. The number of nitrogens with two attached hydrogens (primary N) is 1. The minimum atomic E-state index is -0.0743. The first-order chi connectivity index (χ1) is 10.0. The Morgan fingerprint density at radius 1 is 1.14 bits per heavy atom. The number of hydrogen-bond donors (Lipinski definition) is 1. The van der Waals surface area contributed by atoms with Crippen LogP contribution in [0.15, 0.2) is 53.0 Å². The van der Waals surface area contributed by atoms with Crippen LogP contribution in [-0.2, 0) is 11.3 Å². The molecule has 2 aromatic rings. The Balaban J connectivity index is 1.84. The zero-order valence-electron chi connectivity index (χ0n) is 11.8. The number of likely N-dealkylation sites (N-methyl/N-ethyl adjacent to an activating group) is 1. The lowest BCUT2D eigenvalue weighted by atomic mass is 10.2. The summed E-state index contributed by atoms with van der Waals surface area (Å²) in [5.41, 5.74) is 7.33. The van der Waals surface area contributed by atoms with Crippen LogP contribution < -0.4 is 10.5 Å². The van der Waals surface area contributed by atoms with Gasteiger partial charge in [-0.1, -0.05) is 28.1 Å². The summed E-state index contributed by atoms with van der Waals surface area (Å²) in [5.74, 6) is 0.560. The molecule has 1 amide bonds. The third-order valence-electron chi connectivity index (χ3n) is 3.00. The summed E-state index contributed by atoms with van der Waals surface area (Å²) in [6.07, 6.45) is 0. The summed E-state index contributed by atoms with van der Waals surface area (Å²) in [4.78, 5) is 13.7. The Hall–Kier alpha value is -2.01. The zero-order chi connectivity index (χ0) is 15.2. The van der Waals surface area contributed by atoms with Gasteiger partial charge in [0, 0.05) is 23.8 Å². The lowest BCUT2D eigenvalue weighted by molar-refractivity contribution is -0.132. The van der Waals surface area contributed by atoms with Crippen molar-refractivity contribution < 1.29 is 9.53 Å². The molecule has 0 fully saturated rings. The van der Waals surface area contributed by atoms with Crippen molar-refractivity contribution in [3.8, 4) is 5.75 Å². The number of rotatable bonds is 5. The Labute approximate surface area is 132 Å². The van der Waals surface area contributed by atoms with E-state index in [-0.39, 0.29) is 12.5 Å². The molecule has 0 spiro atoms. The highest BCUT2D eigenvalue weighted by molar-refractivity contribution is 9.10. The Kier molecular flexibility index (Phi) is 5.22. The van der Waals surface area contributed by atoms with E-state index in [2.05, 4.69) is 15.9 Å². The van der Waals surface area contributed by atoms with Crippen molar-refractivity contribution in [2.45, 2.75) is 6.54 Å². The summed E-state index contributed by atoms with van der Waals surface area (Å²) in [7, 11) is 1.76. The second kappa shape index (κ2) is 7.13. The van der Waals surface area contributed by atoms with Gasteiger partial charge in [-0.3, -0.25) is 4.79 Å². The Morgan fingerprint density at radius 3 is 2.38 bits per heavy atom. The van der Waals surface area contributed by atoms with Gasteiger partial charge in [0.05, 0.1) is 0 Å². The first kappa shape index (κ1) is 15.4. The van der Waals surface area contributed by atoms with Crippen molar-refractivity contribution in [3.63, 3.8) is 0 Å². The highest BCUT2D eigenvalue weighted by Gasteiger charge is 2.10. The van der Waals surface area contributed by atoms with E-state index in [9.17, 15) is 4.79 Å². The maximum Gasteiger partial charge on any atom is 0.260 e. The molecule has 0 aliphatic heterocycles. The van der Waals surface area contributed by atoms with Gasteiger partial charge in [-0.2, -0.15) is 0 Å². The molecule has 0 radical (unpaired) electrons.